The molecule has 0 aliphatic heterocycles. The van der Waals surface area contributed by atoms with Crippen LogP contribution < -0.4 is 0 Å². The SMILES string of the molecule is C=CCCCCCCCO[SiH](OCC)OCC. The third-order valence-corrected chi connectivity index (χ3v) is 4.13. The van der Waals surface area contributed by atoms with Crippen molar-refractivity contribution in [2.24, 2.45) is 0 Å². The van der Waals surface area contributed by atoms with Crippen LogP contribution in [-0.4, -0.2) is 29.3 Å². The van der Waals surface area contributed by atoms with E-state index in [4.69, 9.17) is 13.3 Å². The molecule has 0 heterocycles. The molecule has 0 fully saturated rings. The summed E-state index contributed by atoms with van der Waals surface area (Å²) in [6, 6.07) is 0. The lowest BCUT2D eigenvalue weighted by Crippen LogP contribution is -2.27. The average molecular weight is 260 g/mol. The summed E-state index contributed by atoms with van der Waals surface area (Å²) in [5, 5.41) is 0. The van der Waals surface area contributed by atoms with E-state index in [1.807, 2.05) is 19.9 Å². The largest absolute Gasteiger partial charge is 0.484 e. The van der Waals surface area contributed by atoms with Crippen molar-refractivity contribution in [1.29, 1.82) is 0 Å². The van der Waals surface area contributed by atoms with Crippen LogP contribution in [0.2, 0.25) is 0 Å². The van der Waals surface area contributed by atoms with Crippen LogP contribution in [0.4, 0.5) is 0 Å². The standard InChI is InChI=1S/C13H28O3Si/c1-4-7-8-9-10-11-12-13-16-17(14-5-2)15-6-3/h4,17H,1,5-13H2,2-3H3. The lowest BCUT2D eigenvalue weighted by atomic mass is 10.1. The summed E-state index contributed by atoms with van der Waals surface area (Å²) < 4.78 is 16.5. The normalized spacial score (nSPS) is 11.0. The lowest BCUT2D eigenvalue weighted by Gasteiger charge is -2.14. The van der Waals surface area contributed by atoms with Gasteiger partial charge in [0, 0.05) is 19.8 Å². The molecule has 0 aliphatic carbocycles. The lowest BCUT2D eigenvalue weighted by molar-refractivity contribution is 0.100. The zero-order chi connectivity index (χ0) is 12.8. The van der Waals surface area contributed by atoms with Crippen molar-refractivity contribution in [2.75, 3.05) is 19.8 Å². The number of hydrogen-bond acceptors (Lipinski definition) is 3. The molecule has 0 aliphatic rings. The molecule has 0 rings (SSSR count). The molecular formula is C13H28O3Si. The van der Waals surface area contributed by atoms with Gasteiger partial charge in [-0.15, -0.1) is 6.58 Å². The summed E-state index contributed by atoms with van der Waals surface area (Å²) in [6.45, 7) is 9.80. The highest BCUT2D eigenvalue weighted by molar-refractivity contribution is 6.36. The molecule has 0 saturated heterocycles. The van der Waals surface area contributed by atoms with E-state index >= 15 is 0 Å². The van der Waals surface area contributed by atoms with Gasteiger partial charge in [0.05, 0.1) is 0 Å². The van der Waals surface area contributed by atoms with Crippen LogP contribution in [0.15, 0.2) is 12.7 Å². The van der Waals surface area contributed by atoms with Crippen LogP contribution >= 0.6 is 0 Å². The van der Waals surface area contributed by atoms with Crippen LogP contribution in [-0.2, 0) is 13.3 Å². The van der Waals surface area contributed by atoms with Crippen LogP contribution in [0.5, 0.6) is 0 Å². The van der Waals surface area contributed by atoms with Crippen LogP contribution in [0.25, 0.3) is 0 Å². The fourth-order valence-corrected chi connectivity index (χ4v) is 2.71. The maximum atomic E-state index is 5.63. The Morgan fingerprint density at radius 3 is 2.06 bits per heavy atom. The summed E-state index contributed by atoms with van der Waals surface area (Å²) in [6.07, 6.45) is 9.31. The van der Waals surface area contributed by atoms with Crippen molar-refractivity contribution >= 4 is 9.53 Å². The molecule has 102 valence electrons. The molecule has 0 radical (unpaired) electrons. The van der Waals surface area contributed by atoms with Gasteiger partial charge in [0.25, 0.3) is 0 Å². The first-order valence-electron chi connectivity index (χ1n) is 6.80. The summed E-state index contributed by atoms with van der Waals surface area (Å²) in [4.78, 5) is 0. The molecule has 0 amide bonds. The van der Waals surface area contributed by atoms with E-state index in [0.29, 0.717) is 13.2 Å². The van der Waals surface area contributed by atoms with Gasteiger partial charge in [0.2, 0.25) is 0 Å². The van der Waals surface area contributed by atoms with Crippen molar-refractivity contribution < 1.29 is 13.3 Å². The Kier molecular flexibility index (Phi) is 13.8. The van der Waals surface area contributed by atoms with Gasteiger partial charge in [0.1, 0.15) is 0 Å². The first kappa shape index (κ1) is 16.8. The van der Waals surface area contributed by atoms with Crippen molar-refractivity contribution in [3.63, 3.8) is 0 Å². The molecule has 4 heteroatoms. The van der Waals surface area contributed by atoms with E-state index in [-0.39, 0.29) is 0 Å². The zero-order valence-corrected chi connectivity index (χ0v) is 12.6. The Labute approximate surface area is 108 Å². The Morgan fingerprint density at radius 2 is 1.47 bits per heavy atom. The molecule has 0 bridgehead atoms. The maximum absolute atomic E-state index is 5.63. The molecular weight excluding hydrogens is 232 g/mol. The third-order valence-electron chi connectivity index (χ3n) is 2.41. The highest BCUT2D eigenvalue weighted by Crippen LogP contribution is 2.06. The minimum absolute atomic E-state index is 0.679. The molecule has 0 spiro atoms. The molecule has 0 N–H and O–H groups in total. The Bertz CT molecular complexity index is 159. The minimum Gasteiger partial charge on any atom is -0.376 e. The maximum Gasteiger partial charge on any atom is 0.484 e. The summed E-state index contributed by atoms with van der Waals surface area (Å²) in [7, 11) is -1.82. The Morgan fingerprint density at radius 1 is 0.882 bits per heavy atom. The fraction of sp³-hybridized carbons (Fsp3) is 0.846. The monoisotopic (exact) mass is 260 g/mol. The fourth-order valence-electron chi connectivity index (χ4n) is 1.52. The van der Waals surface area contributed by atoms with Gasteiger partial charge in [-0.1, -0.05) is 25.3 Å². The van der Waals surface area contributed by atoms with E-state index in [2.05, 4.69) is 6.58 Å². The second-order valence-electron chi connectivity index (χ2n) is 3.92. The van der Waals surface area contributed by atoms with Gasteiger partial charge in [0.15, 0.2) is 0 Å². The molecule has 0 aromatic heterocycles. The molecule has 0 unspecified atom stereocenters. The second-order valence-corrected chi connectivity index (χ2v) is 5.49. The molecule has 0 atom stereocenters. The smallest absolute Gasteiger partial charge is 0.376 e. The Balaban J connectivity index is 3.26. The van der Waals surface area contributed by atoms with Crippen molar-refractivity contribution in [3.8, 4) is 0 Å². The summed E-state index contributed by atoms with van der Waals surface area (Å²) in [5.74, 6) is 0. The van der Waals surface area contributed by atoms with Crippen LogP contribution in [0.3, 0.4) is 0 Å². The van der Waals surface area contributed by atoms with Crippen molar-refractivity contribution in [2.45, 2.75) is 52.4 Å². The van der Waals surface area contributed by atoms with Gasteiger partial charge in [-0.2, -0.15) is 0 Å². The van der Waals surface area contributed by atoms with Gasteiger partial charge in [-0.25, -0.2) is 0 Å². The number of hydrogen-bond donors (Lipinski definition) is 0. The molecule has 0 saturated carbocycles. The summed E-state index contributed by atoms with van der Waals surface area (Å²) in [5.41, 5.74) is 0. The summed E-state index contributed by atoms with van der Waals surface area (Å²) >= 11 is 0. The molecule has 3 nitrogen and oxygen atoms in total. The number of allylic oxidation sites excluding steroid dienone is 1. The average Bonchev–Trinajstić information content (AvgIpc) is 2.33. The van der Waals surface area contributed by atoms with Crippen LogP contribution in [0, 0.1) is 0 Å². The van der Waals surface area contributed by atoms with E-state index in [9.17, 15) is 0 Å². The molecule has 17 heavy (non-hydrogen) atoms. The van der Waals surface area contributed by atoms with Crippen LogP contribution in [0.1, 0.15) is 52.4 Å². The Hall–Kier alpha value is -0.163. The van der Waals surface area contributed by atoms with Gasteiger partial charge < -0.3 is 13.3 Å². The highest BCUT2D eigenvalue weighted by Gasteiger charge is 2.12. The molecule has 0 aromatic rings. The quantitative estimate of drug-likeness (QED) is 0.289. The third kappa shape index (κ3) is 12.1. The van der Waals surface area contributed by atoms with E-state index in [0.717, 1.165) is 19.4 Å². The van der Waals surface area contributed by atoms with E-state index in [1.165, 1.54) is 25.7 Å². The predicted octanol–water partition coefficient (Wildman–Crippen LogP) is 3.32. The van der Waals surface area contributed by atoms with E-state index < -0.39 is 9.53 Å². The number of rotatable bonds is 13. The topological polar surface area (TPSA) is 27.7 Å². The van der Waals surface area contributed by atoms with Gasteiger partial charge >= 0.3 is 9.53 Å². The minimum atomic E-state index is -1.82. The zero-order valence-electron chi connectivity index (χ0n) is 11.5. The predicted molar refractivity (Wildman–Crippen MR) is 74.3 cm³/mol. The van der Waals surface area contributed by atoms with Crippen molar-refractivity contribution in [1.82, 2.24) is 0 Å². The van der Waals surface area contributed by atoms with E-state index in [1.54, 1.807) is 0 Å². The van der Waals surface area contributed by atoms with Gasteiger partial charge in [-0.05, 0) is 33.1 Å². The number of unbranched alkanes of at least 4 members (excludes halogenated alkanes) is 5. The molecule has 0 aromatic carbocycles. The van der Waals surface area contributed by atoms with Crippen molar-refractivity contribution in [3.05, 3.63) is 12.7 Å². The van der Waals surface area contributed by atoms with Gasteiger partial charge in [-0.3, -0.25) is 0 Å². The first-order valence-corrected chi connectivity index (χ1v) is 8.22. The highest BCUT2D eigenvalue weighted by atomic mass is 28.3. The second kappa shape index (κ2) is 13.9. The first-order chi connectivity index (χ1) is 8.35.